The SMILES string of the molecule is CCOc1cc([C@@H]2Nc3ccccc3C(=O)N2C[C@@H]2CCCO2)ccc1O. The number of aromatic hydroxyl groups is 1. The van der Waals surface area contributed by atoms with E-state index in [0.717, 1.165) is 30.7 Å². The van der Waals surface area contributed by atoms with Crippen molar-refractivity contribution in [1.29, 1.82) is 0 Å². The van der Waals surface area contributed by atoms with Crippen LogP contribution in [0.4, 0.5) is 5.69 Å². The van der Waals surface area contributed by atoms with E-state index < -0.39 is 0 Å². The summed E-state index contributed by atoms with van der Waals surface area (Å²) in [5.41, 5.74) is 2.33. The molecule has 2 N–H and O–H groups in total. The monoisotopic (exact) mass is 368 g/mol. The molecule has 2 aliphatic heterocycles. The first-order valence-electron chi connectivity index (χ1n) is 9.41. The summed E-state index contributed by atoms with van der Waals surface area (Å²) < 4.78 is 11.3. The maximum Gasteiger partial charge on any atom is 0.257 e. The Morgan fingerprint density at radius 1 is 1.30 bits per heavy atom. The predicted octanol–water partition coefficient (Wildman–Crippen LogP) is 3.54. The summed E-state index contributed by atoms with van der Waals surface area (Å²) in [7, 11) is 0. The van der Waals surface area contributed by atoms with Crippen molar-refractivity contribution in [1.82, 2.24) is 4.90 Å². The second-order valence-corrected chi connectivity index (χ2v) is 6.85. The zero-order valence-electron chi connectivity index (χ0n) is 15.4. The van der Waals surface area contributed by atoms with Crippen molar-refractivity contribution in [2.45, 2.75) is 32.0 Å². The molecule has 27 heavy (non-hydrogen) atoms. The Bertz CT molecular complexity index is 833. The number of anilines is 1. The highest BCUT2D eigenvalue weighted by molar-refractivity contribution is 6.01. The average molecular weight is 368 g/mol. The number of carbonyl (C=O) groups excluding carboxylic acids is 1. The lowest BCUT2D eigenvalue weighted by molar-refractivity contribution is 0.0426. The standard InChI is InChI=1S/C21H24N2O4/c1-2-26-19-12-14(9-10-18(19)24)20-22-17-8-4-3-7-16(17)21(25)23(20)13-15-6-5-11-27-15/h3-4,7-10,12,15,20,22,24H,2,5-6,11,13H2,1H3/t15-,20+/m0/s1. The van der Waals surface area contributed by atoms with E-state index in [1.807, 2.05) is 42.2 Å². The van der Waals surface area contributed by atoms with Gasteiger partial charge in [-0.25, -0.2) is 0 Å². The molecule has 0 aliphatic carbocycles. The van der Waals surface area contributed by atoms with Crippen molar-refractivity contribution in [3.05, 3.63) is 53.6 Å². The maximum absolute atomic E-state index is 13.2. The van der Waals surface area contributed by atoms with Crippen LogP contribution in [0, 0.1) is 0 Å². The van der Waals surface area contributed by atoms with Crippen LogP contribution >= 0.6 is 0 Å². The molecule has 2 heterocycles. The molecule has 0 spiro atoms. The largest absolute Gasteiger partial charge is 0.504 e. The van der Waals surface area contributed by atoms with Gasteiger partial charge in [0.15, 0.2) is 11.5 Å². The fourth-order valence-electron chi connectivity index (χ4n) is 3.72. The number of benzene rings is 2. The summed E-state index contributed by atoms with van der Waals surface area (Å²) in [6.45, 7) is 3.59. The molecule has 6 heteroatoms. The van der Waals surface area contributed by atoms with Crippen molar-refractivity contribution in [2.75, 3.05) is 25.1 Å². The molecule has 1 saturated heterocycles. The van der Waals surface area contributed by atoms with Crippen LogP contribution in [-0.2, 0) is 4.74 Å². The lowest BCUT2D eigenvalue weighted by Crippen LogP contribution is -2.46. The minimum absolute atomic E-state index is 0.0177. The zero-order chi connectivity index (χ0) is 18.8. The van der Waals surface area contributed by atoms with Crippen LogP contribution < -0.4 is 10.1 Å². The van der Waals surface area contributed by atoms with Gasteiger partial charge < -0.3 is 24.8 Å². The van der Waals surface area contributed by atoms with Crippen LogP contribution in [0.5, 0.6) is 11.5 Å². The number of hydrogen-bond donors (Lipinski definition) is 2. The summed E-state index contributed by atoms with van der Waals surface area (Å²) in [6, 6.07) is 12.8. The van der Waals surface area contributed by atoms with E-state index in [-0.39, 0.29) is 23.9 Å². The molecule has 0 saturated carbocycles. The van der Waals surface area contributed by atoms with E-state index in [9.17, 15) is 9.90 Å². The summed E-state index contributed by atoms with van der Waals surface area (Å²) in [4.78, 5) is 15.0. The van der Waals surface area contributed by atoms with E-state index >= 15 is 0 Å². The Balaban J connectivity index is 1.71. The number of amides is 1. The lowest BCUT2D eigenvalue weighted by atomic mass is 10.0. The number of phenols is 1. The van der Waals surface area contributed by atoms with Gasteiger partial charge in [0.2, 0.25) is 0 Å². The van der Waals surface area contributed by atoms with E-state index in [4.69, 9.17) is 9.47 Å². The van der Waals surface area contributed by atoms with Crippen LogP contribution in [0.2, 0.25) is 0 Å². The average Bonchev–Trinajstić information content (AvgIpc) is 3.19. The molecule has 0 unspecified atom stereocenters. The van der Waals surface area contributed by atoms with Crippen molar-refractivity contribution in [3.8, 4) is 11.5 Å². The number of fused-ring (bicyclic) bond motifs is 1. The second-order valence-electron chi connectivity index (χ2n) is 6.85. The molecule has 2 aromatic carbocycles. The first-order valence-corrected chi connectivity index (χ1v) is 9.41. The number of phenolic OH excluding ortho intramolecular Hbond substituents is 1. The molecular formula is C21H24N2O4. The zero-order valence-corrected chi connectivity index (χ0v) is 15.4. The smallest absolute Gasteiger partial charge is 0.257 e. The van der Waals surface area contributed by atoms with Crippen molar-refractivity contribution >= 4 is 11.6 Å². The van der Waals surface area contributed by atoms with Crippen LogP contribution in [0.25, 0.3) is 0 Å². The molecule has 6 nitrogen and oxygen atoms in total. The van der Waals surface area contributed by atoms with Crippen LogP contribution in [0.1, 0.15) is 41.9 Å². The molecule has 0 aromatic heterocycles. The molecule has 4 rings (SSSR count). The van der Waals surface area contributed by atoms with Gasteiger partial charge >= 0.3 is 0 Å². The highest BCUT2D eigenvalue weighted by Crippen LogP contribution is 2.37. The van der Waals surface area contributed by atoms with Crippen molar-refractivity contribution in [2.24, 2.45) is 0 Å². The van der Waals surface area contributed by atoms with Gasteiger partial charge in [-0.3, -0.25) is 4.79 Å². The molecule has 1 amide bonds. The summed E-state index contributed by atoms with van der Waals surface area (Å²) >= 11 is 0. The van der Waals surface area contributed by atoms with Gasteiger partial charge in [-0.15, -0.1) is 0 Å². The Hall–Kier alpha value is -2.73. The van der Waals surface area contributed by atoms with Gasteiger partial charge in [0.1, 0.15) is 6.17 Å². The fraction of sp³-hybridized carbons (Fsp3) is 0.381. The Morgan fingerprint density at radius 2 is 2.15 bits per heavy atom. The topological polar surface area (TPSA) is 71.0 Å². The normalized spacial score (nSPS) is 21.7. The molecule has 1 fully saturated rings. The third-order valence-corrected chi connectivity index (χ3v) is 5.05. The van der Waals surface area contributed by atoms with Gasteiger partial charge in [-0.1, -0.05) is 18.2 Å². The van der Waals surface area contributed by atoms with E-state index in [0.29, 0.717) is 24.5 Å². The van der Waals surface area contributed by atoms with Gasteiger partial charge in [-0.05, 0) is 49.6 Å². The highest BCUT2D eigenvalue weighted by Gasteiger charge is 2.35. The minimum Gasteiger partial charge on any atom is -0.504 e. The van der Waals surface area contributed by atoms with Gasteiger partial charge in [0, 0.05) is 18.8 Å². The van der Waals surface area contributed by atoms with E-state index in [1.54, 1.807) is 12.1 Å². The summed E-state index contributed by atoms with van der Waals surface area (Å²) in [6.07, 6.45) is 1.68. The lowest BCUT2D eigenvalue weighted by Gasteiger charge is -2.39. The Labute approximate surface area is 158 Å². The van der Waals surface area contributed by atoms with Crippen molar-refractivity contribution < 1.29 is 19.4 Å². The van der Waals surface area contributed by atoms with Gasteiger partial charge in [-0.2, -0.15) is 0 Å². The van der Waals surface area contributed by atoms with Gasteiger partial charge in [0.25, 0.3) is 5.91 Å². The van der Waals surface area contributed by atoms with Crippen LogP contribution in [0.15, 0.2) is 42.5 Å². The minimum atomic E-state index is -0.351. The number of carbonyl (C=O) groups is 1. The molecule has 2 atom stereocenters. The molecule has 142 valence electrons. The van der Waals surface area contributed by atoms with E-state index in [1.165, 1.54) is 0 Å². The van der Waals surface area contributed by atoms with Gasteiger partial charge in [0.05, 0.1) is 18.3 Å². The summed E-state index contributed by atoms with van der Waals surface area (Å²) in [5.74, 6) is 0.491. The number of hydrogen-bond acceptors (Lipinski definition) is 5. The molecule has 0 bridgehead atoms. The third kappa shape index (κ3) is 3.45. The third-order valence-electron chi connectivity index (χ3n) is 5.05. The molecular weight excluding hydrogens is 344 g/mol. The number of ether oxygens (including phenoxy) is 2. The number of para-hydroxylation sites is 1. The molecule has 2 aromatic rings. The van der Waals surface area contributed by atoms with E-state index in [2.05, 4.69) is 5.32 Å². The number of nitrogens with one attached hydrogen (secondary N) is 1. The highest BCUT2D eigenvalue weighted by atomic mass is 16.5. The first kappa shape index (κ1) is 17.7. The molecule has 2 aliphatic rings. The second kappa shape index (κ2) is 7.48. The summed E-state index contributed by atoms with van der Waals surface area (Å²) in [5, 5.41) is 13.5. The first-order chi connectivity index (χ1) is 13.2. The molecule has 0 radical (unpaired) electrons. The maximum atomic E-state index is 13.2. The number of rotatable bonds is 5. The Kier molecular flexibility index (Phi) is 4.90. The quantitative estimate of drug-likeness (QED) is 0.845. The van der Waals surface area contributed by atoms with Crippen LogP contribution in [0.3, 0.4) is 0 Å². The number of nitrogens with zero attached hydrogens (tertiary/aromatic N) is 1. The van der Waals surface area contributed by atoms with Crippen molar-refractivity contribution in [3.63, 3.8) is 0 Å². The Morgan fingerprint density at radius 3 is 2.93 bits per heavy atom. The van der Waals surface area contributed by atoms with Crippen LogP contribution in [-0.4, -0.2) is 41.8 Å². The predicted molar refractivity (Wildman–Crippen MR) is 102 cm³/mol. The fourth-order valence-corrected chi connectivity index (χ4v) is 3.72.